The number of aliphatic hydroxyl groups is 1. The van der Waals surface area contributed by atoms with Crippen molar-refractivity contribution in [2.45, 2.75) is 25.4 Å². The molecule has 11 heavy (non-hydrogen) atoms. The van der Waals surface area contributed by atoms with Crippen LogP contribution >= 0.6 is 0 Å². The molecule has 3 nitrogen and oxygen atoms in total. The zero-order valence-electron chi connectivity index (χ0n) is 6.54. The maximum atomic E-state index is 10.9. The van der Waals surface area contributed by atoms with Gasteiger partial charge in [0.05, 0.1) is 13.2 Å². The van der Waals surface area contributed by atoms with Crippen LogP contribution in [0.1, 0.15) is 19.3 Å². The number of esters is 1. The van der Waals surface area contributed by atoms with Gasteiger partial charge in [0, 0.05) is 5.57 Å². The Morgan fingerprint density at radius 3 is 3.09 bits per heavy atom. The molecule has 0 bridgehead atoms. The van der Waals surface area contributed by atoms with E-state index < -0.39 is 6.10 Å². The van der Waals surface area contributed by atoms with Crippen molar-refractivity contribution in [2.24, 2.45) is 0 Å². The number of carbonyl (C=O) groups is 1. The minimum absolute atomic E-state index is 0.316. The average Bonchev–Trinajstić information content (AvgIpc) is 2.03. The van der Waals surface area contributed by atoms with Crippen LogP contribution in [0.2, 0.25) is 0 Å². The Hall–Kier alpha value is -0.830. The van der Waals surface area contributed by atoms with Crippen LogP contribution in [0.5, 0.6) is 0 Å². The topological polar surface area (TPSA) is 46.5 Å². The van der Waals surface area contributed by atoms with Gasteiger partial charge in [-0.15, -0.1) is 0 Å². The van der Waals surface area contributed by atoms with Crippen molar-refractivity contribution in [3.63, 3.8) is 0 Å². The molecule has 0 heterocycles. The number of ether oxygens (including phenoxy) is 1. The van der Waals surface area contributed by atoms with Crippen molar-refractivity contribution in [2.75, 3.05) is 7.11 Å². The van der Waals surface area contributed by atoms with Crippen molar-refractivity contribution in [1.29, 1.82) is 0 Å². The third kappa shape index (κ3) is 2.05. The molecule has 0 amide bonds. The molecule has 0 saturated carbocycles. The normalized spacial score (nSPS) is 24.2. The molecule has 0 saturated heterocycles. The molecule has 1 aliphatic rings. The maximum absolute atomic E-state index is 10.9. The monoisotopic (exact) mass is 156 g/mol. The first-order chi connectivity index (χ1) is 5.24. The van der Waals surface area contributed by atoms with Gasteiger partial charge < -0.3 is 9.84 Å². The molecule has 0 radical (unpaired) electrons. The zero-order valence-corrected chi connectivity index (χ0v) is 6.54. The molecule has 1 aliphatic carbocycles. The fourth-order valence-electron chi connectivity index (χ4n) is 1.20. The maximum Gasteiger partial charge on any atom is 0.333 e. The average molecular weight is 156 g/mol. The second kappa shape index (κ2) is 3.53. The fraction of sp³-hybridized carbons (Fsp3) is 0.625. The molecule has 0 aromatic carbocycles. The summed E-state index contributed by atoms with van der Waals surface area (Å²) in [5.41, 5.74) is 0.603. The van der Waals surface area contributed by atoms with E-state index in [-0.39, 0.29) is 5.97 Å². The van der Waals surface area contributed by atoms with E-state index in [2.05, 4.69) is 4.74 Å². The van der Waals surface area contributed by atoms with Crippen molar-refractivity contribution >= 4 is 5.97 Å². The Balaban J connectivity index is 2.63. The van der Waals surface area contributed by atoms with Crippen molar-refractivity contribution in [1.82, 2.24) is 0 Å². The number of hydrogen-bond acceptors (Lipinski definition) is 3. The minimum atomic E-state index is -0.460. The van der Waals surface area contributed by atoms with Gasteiger partial charge in [-0.3, -0.25) is 0 Å². The molecule has 0 aliphatic heterocycles. The van der Waals surface area contributed by atoms with Gasteiger partial charge >= 0.3 is 5.97 Å². The van der Waals surface area contributed by atoms with Crippen LogP contribution in [-0.4, -0.2) is 24.3 Å². The van der Waals surface area contributed by atoms with Gasteiger partial charge in [-0.05, 0) is 25.3 Å². The first-order valence-corrected chi connectivity index (χ1v) is 3.71. The summed E-state index contributed by atoms with van der Waals surface area (Å²) in [6, 6.07) is 0. The summed E-state index contributed by atoms with van der Waals surface area (Å²) in [4.78, 5) is 10.9. The summed E-state index contributed by atoms with van der Waals surface area (Å²) < 4.78 is 4.52. The third-order valence-electron chi connectivity index (χ3n) is 1.79. The molecular formula is C8H12O3. The zero-order chi connectivity index (χ0) is 8.27. The standard InChI is InChI=1S/C8H12O3/c1-11-8(10)6-3-2-4-7(9)5-6/h5,7,9H,2-4H2,1H3. The van der Waals surface area contributed by atoms with Crippen molar-refractivity contribution < 1.29 is 14.6 Å². The number of rotatable bonds is 1. The predicted molar refractivity (Wildman–Crippen MR) is 40.0 cm³/mol. The molecule has 0 spiro atoms. The lowest BCUT2D eigenvalue weighted by atomic mass is 9.98. The summed E-state index contributed by atoms with van der Waals surface area (Å²) in [7, 11) is 1.35. The first kappa shape index (κ1) is 8.27. The highest BCUT2D eigenvalue weighted by Crippen LogP contribution is 2.18. The highest BCUT2D eigenvalue weighted by Gasteiger charge is 2.16. The smallest absolute Gasteiger partial charge is 0.333 e. The molecule has 0 aromatic rings. The van der Waals surface area contributed by atoms with Crippen LogP contribution in [0.15, 0.2) is 11.6 Å². The first-order valence-electron chi connectivity index (χ1n) is 3.71. The van der Waals surface area contributed by atoms with E-state index in [1.165, 1.54) is 7.11 Å². The molecule has 0 aromatic heterocycles. The summed E-state index contributed by atoms with van der Waals surface area (Å²) >= 11 is 0. The highest BCUT2D eigenvalue weighted by atomic mass is 16.5. The molecule has 1 rings (SSSR count). The Labute approximate surface area is 65.7 Å². The number of hydrogen-bond donors (Lipinski definition) is 1. The second-order valence-electron chi connectivity index (χ2n) is 2.64. The predicted octanol–water partition coefficient (Wildman–Crippen LogP) is 0.631. The van der Waals surface area contributed by atoms with Gasteiger partial charge in [0.1, 0.15) is 0 Å². The largest absolute Gasteiger partial charge is 0.466 e. The summed E-state index contributed by atoms with van der Waals surface area (Å²) in [5.74, 6) is -0.316. The van der Waals surface area contributed by atoms with Crippen LogP contribution < -0.4 is 0 Å². The van der Waals surface area contributed by atoms with Gasteiger partial charge in [0.25, 0.3) is 0 Å². The van der Waals surface area contributed by atoms with Gasteiger partial charge in [0.2, 0.25) is 0 Å². The number of methoxy groups -OCH3 is 1. The Kier molecular flexibility index (Phi) is 2.65. The van der Waals surface area contributed by atoms with Crippen LogP contribution in [-0.2, 0) is 9.53 Å². The van der Waals surface area contributed by atoms with Gasteiger partial charge in [-0.25, -0.2) is 4.79 Å². The van der Waals surface area contributed by atoms with Crippen LogP contribution in [0, 0.1) is 0 Å². The van der Waals surface area contributed by atoms with Crippen LogP contribution in [0.4, 0.5) is 0 Å². The van der Waals surface area contributed by atoms with E-state index in [4.69, 9.17) is 5.11 Å². The molecule has 1 atom stereocenters. The molecule has 1 unspecified atom stereocenters. The molecule has 62 valence electrons. The number of carbonyl (C=O) groups excluding carboxylic acids is 1. The van der Waals surface area contributed by atoms with Crippen LogP contribution in [0.25, 0.3) is 0 Å². The van der Waals surface area contributed by atoms with E-state index in [1.807, 2.05) is 0 Å². The van der Waals surface area contributed by atoms with Gasteiger partial charge in [-0.2, -0.15) is 0 Å². The lowest BCUT2D eigenvalue weighted by molar-refractivity contribution is -0.136. The summed E-state index contributed by atoms with van der Waals surface area (Å²) in [6.45, 7) is 0. The Morgan fingerprint density at radius 1 is 1.82 bits per heavy atom. The lowest BCUT2D eigenvalue weighted by Gasteiger charge is -2.14. The molecular weight excluding hydrogens is 144 g/mol. The van der Waals surface area contributed by atoms with E-state index in [0.29, 0.717) is 5.57 Å². The van der Waals surface area contributed by atoms with Gasteiger partial charge in [0.15, 0.2) is 0 Å². The summed E-state index contributed by atoms with van der Waals surface area (Å²) in [5, 5.41) is 9.14. The molecule has 1 N–H and O–H groups in total. The van der Waals surface area contributed by atoms with E-state index in [9.17, 15) is 4.79 Å². The quantitative estimate of drug-likeness (QED) is 0.566. The number of aliphatic hydroxyl groups excluding tert-OH is 1. The Morgan fingerprint density at radius 2 is 2.55 bits per heavy atom. The Bertz CT molecular complexity index is 184. The fourth-order valence-corrected chi connectivity index (χ4v) is 1.20. The van der Waals surface area contributed by atoms with Crippen LogP contribution in [0.3, 0.4) is 0 Å². The highest BCUT2D eigenvalue weighted by molar-refractivity contribution is 5.88. The van der Waals surface area contributed by atoms with Gasteiger partial charge in [-0.1, -0.05) is 0 Å². The van der Waals surface area contributed by atoms with Crippen molar-refractivity contribution in [3.05, 3.63) is 11.6 Å². The van der Waals surface area contributed by atoms with E-state index in [1.54, 1.807) is 6.08 Å². The second-order valence-corrected chi connectivity index (χ2v) is 2.64. The third-order valence-corrected chi connectivity index (χ3v) is 1.79. The van der Waals surface area contributed by atoms with E-state index >= 15 is 0 Å². The van der Waals surface area contributed by atoms with E-state index in [0.717, 1.165) is 19.3 Å². The molecule has 3 heteroatoms. The lowest BCUT2D eigenvalue weighted by Crippen LogP contribution is -2.15. The van der Waals surface area contributed by atoms with Crippen molar-refractivity contribution in [3.8, 4) is 0 Å². The summed E-state index contributed by atoms with van der Waals surface area (Å²) in [6.07, 6.45) is 3.46. The SMILES string of the molecule is COC(=O)C1=CC(O)CCC1. The minimum Gasteiger partial charge on any atom is -0.466 e. The molecule has 0 fully saturated rings.